The standard InChI is InChI=1S/C10H12N2O.C6H4.C4H6O3/c1-2-9-7-10(13-12-9)5-3-8(11)4-6-10;1-2-5-4-6(5)3-1;5-3-1-2-7-4(3)6/h1,11H,3-7H2;1-4H;3,5H,1-2H2. The van der Waals surface area contributed by atoms with Crippen LogP contribution in [0.1, 0.15) is 38.5 Å². The van der Waals surface area contributed by atoms with Crippen LogP contribution in [0.5, 0.6) is 0 Å². The molecule has 2 N–H and O–H groups in total. The number of hydrogen-bond donors (Lipinski definition) is 2. The molecule has 0 aromatic heterocycles. The Morgan fingerprint density at radius 3 is 2.35 bits per heavy atom. The molecule has 2 heterocycles. The topological polar surface area (TPSA) is 92.0 Å². The highest BCUT2D eigenvalue weighted by Crippen LogP contribution is 2.37. The van der Waals surface area contributed by atoms with Gasteiger partial charge in [0.25, 0.3) is 0 Å². The van der Waals surface area contributed by atoms with Gasteiger partial charge >= 0.3 is 5.97 Å². The Balaban J connectivity index is 0.000000126. The molecule has 1 saturated carbocycles. The number of terminal acetylenes is 1. The van der Waals surface area contributed by atoms with E-state index in [1.54, 1.807) is 0 Å². The van der Waals surface area contributed by atoms with Gasteiger partial charge in [-0.2, -0.15) is 0 Å². The lowest BCUT2D eigenvalue weighted by molar-refractivity contribution is -0.144. The number of esters is 1. The number of benzene rings is 1. The number of cyclic esters (lactones) is 1. The van der Waals surface area contributed by atoms with Crippen LogP contribution < -0.4 is 0 Å². The molecule has 2 aliphatic heterocycles. The number of hydrogen-bond acceptors (Lipinski definition) is 6. The van der Waals surface area contributed by atoms with Crippen molar-refractivity contribution < 1.29 is 19.5 Å². The zero-order valence-corrected chi connectivity index (χ0v) is 14.5. The first kappa shape index (κ1) is 18.2. The van der Waals surface area contributed by atoms with Crippen molar-refractivity contribution in [2.24, 2.45) is 5.16 Å². The summed E-state index contributed by atoms with van der Waals surface area (Å²) in [6.45, 7) is 0.375. The smallest absolute Gasteiger partial charge is 0.335 e. The largest absolute Gasteiger partial charge is 0.464 e. The number of rotatable bonds is 0. The van der Waals surface area contributed by atoms with E-state index in [9.17, 15) is 4.79 Å². The molecule has 1 atom stereocenters. The van der Waals surface area contributed by atoms with E-state index in [1.807, 2.05) is 0 Å². The zero-order valence-electron chi connectivity index (χ0n) is 14.5. The molecule has 1 saturated heterocycles. The third-order valence-corrected chi connectivity index (χ3v) is 4.79. The highest BCUT2D eigenvalue weighted by Gasteiger charge is 2.40. The number of nitrogens with one attached hydrogen (secondary N) is 1. The number of fused-ring (bicyclic) bond motifs is 1. The Morgan fingerprint density at radius 2 is 2.00 bits per heavy atom. The average molecular weight is 354 g/mol. The molecule has 26 heavy (non-hydrogen) atoms. The van der Waals surface area contributed by atoms with Crippen LogP contribution in [0, 0.1) is 17.8 Å². The molecule has 0 aromatic rings. The highest BCUT2D eigenvalue weighted by atomic mass is 16.7. The predicted octanol–water partition coefficient (Wildman–Crippen LogP) is 2.69. The molecular formula is C20H22N2O4. The van der Waals surface area contributed by atoms with Crippen LogP contribution in [0.25, 0.3) is 11.1 Å². The third kappa shape index (κ3) is 4.50. The molecule has 0 radical (unpaired) electrons. The number of carbonyl (C=O) groups excluding carboxylic acids is 1. The molecule has 1 spiro atoms. The van der Waals surface area contributed by atoms with Gasteiger partial charge in [-0.1, -0.05) is 29.3 Å². The number of nitrogens with zero attached hydrogens (tertiary/aromatic N) is 1. The second-order valence-electron chi connectivity index (χ2n) is 6.79. The molecular weight excluding hydrogens is 332 g/mol. The Labute approximate surface area is 152 Å². The van der Waals surface area contributed by atoms with Gasteiger partial charge in [-0.25, -0.2) is 4.79 Å². The summed E-state index contributed by atoms with van der Waals surface area (Å²) in [6.07, 6.45) is 9.05. The van der Waals surface area contributed by atoms with E-state index >= 15 is 0 Å². The minimum absolute atomic E-state index is 0.160. The summed E-state index contributed by atoms with van der Waals surface area (Å²) in [5.74, 6) is 2.03. The Kier molecular flexibility index (Phi) is 5.38. The Bertz CT molecular complexity index is 751. The van der Waals surface area contributed by atoms with Crippen LogP contribution in [0.15, 0.2) is 29.4 Å². The van der Waals surface area contributed by atoms with Gasteiger partial charge < -0.3 is 20.1 Å². The van der Waals surface area contributed by atoms with E-state index in [1.165, 1.54) is 11.1 Å². The quantitative estimate of drug-likeness (QED) is 0.562. The maximum atomic E-state index is 10.1. The fourth-order valence-corrected chi connectivity index (χ4v) is 3.04. The van der Waals surface area contributed by atoms with Gasteiger partial charge in [0.1, 0.15) is 11.3 Å². The predicted molar refractivity (Wildman–Crippen MR) is 97.9 cm³/mol. The molecule has 3 aliphatic carbocycles. The van der Waals surface area contributed by atoms with E-state index < -0.39 is 12.1 Å². The number of carbonyl (C=O) groups is 1. The van der Waals surface area contributed by atoms with Crippen LogP contribution >= 0.6 is 0 Å². The number of aliphatic hydroxyl groups is 1. The third-order valence-electron chi connectivity index (χ3n) is 4.79. The molecule has 6 nitrogen and oxygen atoms in total. The van der Waals surface area contributed by atoms with Gasteiger partial charge in [-0.05, 0) is 42.9 Å². The summed E-state index contributed by atoms with van der Waals surface area (Å²) in [6, 6.07) is 8.48. The maximum absolute atomic E-state index is 10.1. The molecule has 0 amide bonds. The summed E-state index contributed by atoms with van der Waals surface area (Å²) < 4.78 is 4.38. The van der Waals surface area contributed by atoms with Crippen molar-refractivity contribution in [3.05, 3.63) is 24.3 Å². The van der Waals surface area contributed by atoms with Crippen molar-refractivity contribution >= 4 is 17.4 Å². The maximum Gasteiger partial charge on any atom is 0.335 e. The minimum atomic E-state index is -0.847. The van der Waals surface area contributed by atoms with Crippen molar-refractivity contribution in [3.63, 3.8) is 0 Å². The zero-order chi connectivity index (χ0) is 18.6. The number of ether oxygens (including phenoxy) is 1. The van der Waals surface area contributed by atoms with Crippen LogP contribution in [-0.2, 0) is 14.4 Å². The lowest BCUT2D eigenvalue weighted by Crippen LogP contribution is -2.34. The van der Waals surface area contributed by atoms with Gasteiger partial charge in [0.15, 0.2) is 6.10 Å². The first-order chi connectivity index (χ1) is 12.5. The number of aliphatic hydroxyl groups excluding tert-OH is 1. The summed E-state index contributed by atoms with van der Waals surface area (Å²) in [4.78, 5) is 15.5. The second-order valence-corrected chi connectivity index (χ2v) is 6.79. The van der Waals surface area contributed by atoms with E-state index in [-0.39, 0.29) is 5.60 Å². The summed E-state index contributed by atoms with van der Waals surface area (Å²) in [7, 11) is 0. The van der Waals surface area contributed by atoms with Crippen LogP contribution in [-0.4, -0.2) is 40.8 Å². The Morgan fingerprint density at radius 1 is 1.31 bits per heavy atom. The van der Waals surface area contributed by atoms with Crippen molar-refractivity contribution in [2.75, 3.05) is 6.61 Å². The molecule has 1 unspecified atom stereocenters. The summed E-state index contributed by atoms with van der Waals surface area (Å²) in [5.41, 5.74) is 4.23. The first-order valence-corrected chi connectivity index (χ1v) is 8.74. The summed E-state index contributed by atoms with van der Waals surface area (Å²) >= 11 is 0. The van der Waals surface area contributed by atoms with Gasteiger partial charge in [0.2, 0.25) is 0 Å². The van der Waals surface area contributed by atoms with Crippen LogP contribution in [0.4, 0.5) is 0 Å². The molecule has 5 rings (SSSR count). The van der Waals surface area contributed by atoms with Crippen molar-refractivity contribution in [3.8, 4) is 23.5 Å². The second kappa shape index (κ2) is 7.71. The van der Waals surface area contributed by atoms with Crippen molar-refractivity contribution in [1.82, 2.24) is 0 Å². The Hall–Kier alpha value is -2.65. The minimum Gasteiger partial charge on any atom is -0.464 e. The monoisotopic (exact) mass is 354 g/mol. The molecule has 2 fully saturated rings. The molecule has 5 aliphatic rings. The molecule has 6 heteroatoms. The van der Waals surface area contributed by atoms with E-state index in [2.05, 4.69) is 40.1 Å². The normalized spacial score (nSPS) is 27.1. The van der Waals surface area contributed by atoms with Crippen molar-refractivity contribution in [1.29, 1.82) is 5.41 Å². The van der Waals surface area contributed by atoms with Gasteiger partial charge in [0.05, 0.1) is 6.61 Å². The fourth-order valence-electron chi connectivity index (χ4n) is 3.04. The molecule has 136 valence electrons. The number of oxime groups is 1. The summed E-state index contributed by atoms with van der Waals surface area (Å²) in [5, 5.41) is 19.9. The van der Waals surface area contributed by atoms with E-state index in [0.29, 0.717) is 18.7 Å². The SMILES string of the molecule is C#CC1=NOC2(CCC(=N)CC2)C1.O=C1OCCC1O.c1cc2cc-2c1. The van der Waals surface area contributed by atoms with Crippen molar-refractivity contribution in [2.45, 2.75) is 50.2 Å². The average Bonchev–Trinajstić information content (AvgIpc) is 2.98. The highest BCUT2D eigenvalue weighted by molar-refractivity contribution is 6.01. The lowest BCUT2D eigenvalue weighted by Gasteiger charge is -2.30. The molecule has 0 aromatic carbocycles. The fraction of sp³-hybridized carbons (Fsp3) is 0.450. The van der Waals surface area contributed by atoms with Gasteiger partial charge in [0, 0.05) is 18.6 Å². The van der Waals surface area contributed by atoms with E-state index in [0.717, 1.165) is 37.8 Å². The lowest BCUT2D eigenvalue weighted by atomic mass is 9.81. The molecule has 0 bridgehead atoms. The van der Waals surface area contributed by atoms with E-state index in [4.69, 9.17) is 21.8 Å². The van der Waals surface area contributed by atoms with Crippen LogP contribution in [0.2, 0.25) is 0 Å². The van der Waals surface area contributed by atoms with Crippen LogP contribution in [0.3, 0.4) is 0 Å². The van der Waals surface area contributed by atoms with Gasteiger partial charge in [-0.15, -0.1) is 6.42 Å². The first-order valence-electron chi connectivity index (χ1n) is 8.74. The van der Waals surface area contributed by atoms with Gasteiger partial charge in [-0.3, -0.25) is 0 Å².